The third kappa shape index (κ3) is 3.53. The van der Waals surface area contributed by atoms with Crippen molar-refractivity contribution in [2.45, 2.75) is 13.0 Å². The molecule has 0 radical (unpaired) electrons. The number of rotatable bonds is 5. The Balaban J connectivity index is 2.13. The minimum Gasteiger partial charge on any atom is -0.469 e. The number of hydrogen-bond donors (Lipinski definition) is 1. The number of carbonyl (C=O) groups excluding carboxylic acids is 1. The van der Waals surface area contributed by atoms with Gasteiger partial charge in [-0.2, -0.15) is 5.10 Å². The highest BCUT2D eigenvalue weighted by molar-refractivity contribution is 5.69. The molecule has 0 saturated heterocycles. The first-order chi connectivity index (χ1) is 6.72. The molecule has 0 aliphatic rings. The molecule has 0 atom stereocenters. The SMILES string of the molecule is COC(=O)CCNCc1ncn(C)n1. The van der Waals surface area contributed by atoms with E-state index < -0.39 is 0 Å². The molecule has 0 fully saturated rings. The van der Waals surface area contributed by atoms with Crippen LogP contribution in [-0.4, -0.2) is 34.4 Å². The van der Waals surface area contributed by atoms with Crippen LogP contribution in [0.2, 0.25) is 0 Å². The molecule has 1 rings (SSSR count). The van der Waals surface area contributed by atoms with E-state index in [0.29, 0.717) is 19.5 Å². The van der Waals surface area contributed by atoms with Crippen molar-refractivity contribution in [2.24, 2.45) is 7.05 Å². The van der Waals surface area contributed by atoms with Crippen molar-refractivity contribution in [3.8, 4) is 0 Å². The van der Waals surface area contributed by atoms with Gasteiger partial charge in [-0.05, 0) is 0 Å². The second-order valence-electron chi connectivity index (χ2n) is 2.84. The molecule has 6 nitrogen and oxygen atoms in total. The van der Waals surface area contributed by atoms with Crippen molar-refractivity contribution in [2.75, 3.05) is 13.7 Å². The molecule has 0 aliphatic carbocycles. The van der Waals surface area contributed by atoms with Gasteiger partial charge in [0.15, 0.2) is 5.82 Å². The van der Waals surface area contributed by atoms with E-state index in [1.54, 1.807) is 11.0 Å². The zero-order chi connectivity index (χ0) is 10.4. The lowest BCUT2D eigenvalue weighted by Gasteiger charge is -2.00. The maximum Gasteiger partial charge on any atom is 0.306 e. The molecule has 1 heterocycles. The highest BCUT2D eigenvalue weighted by Gasteiger charge is 2.00. The molecule has 14 heavy (non-hydrogen) atoms. The Morgan fingerprint density at radius 1 is 1.71 bits per heavy atom. The van der Waals surface area contributed by atoms with E-state index in [9.17, 15) is 4.79 Å². The minimum atomic E-state index is -0.216. The number of nitrogens with one attached hydrogen (secondary N) is 1. The van der Waals surface area contributed by atoms with Gasteiger partial charge in [0, 0.05) is 13.6 Å². The average Bonchev–Trinajstić information content (AvgIpc) is 2.58. The number of carbonyl (C=O) groups is 1. The average molecular weight is 198 g/mol. The smallest absolute Gasteiger partial charge is 0.306 e. The lowest BCUT2D eigenvalue weighted by molar-refractivity contribution is -0.140. The van der Waals surface area contributed by atoms with Gasteiger partial charge < -0.3 is 10.1 Å². The molecule has 1 aromatic heterocycles. The molecular weight excluding hydrogens is 184 g/mol. The van der Waals surface area contributed by atoms with Gasteiger partial charge in [0.1, 0.15) is 6.33 Å². The molecule has 0 spiro atoms. The number of aromatic nitrogens is 3. The summed E-state index contributed by atoms with van der Waals surface area (Å²) < 4.78 is 6.13. The van der Waals surface area contributed by atoms with Gasteiger partial charge >= 0.3 is 5.97 Å². The maximum atomic E-state index is 10.7. The Morgan fingerprint density at radius 3 is 3.07 bits per heavy atom. The summed E-state index contributed by atoms with van der Waals surface area (Å²) >= 11 is 0. The van der Waals surface area contributed by atoms with Crippen molar-refractivity contribution in [3.05, 3.63) is 12.2 Å². The van der Waals surface area contributed by atoms with Crippen molar-refractivity contribution in [1.29, 1.82) is 0 Å². The second-order valence-corrected chi connectivity index (χ2v) is 2.84. The van der Waals surface area contributed by atoms with Crippen LogP contribution >= 0.6 is 0 Å². The molecule has 0 amide bonds. The predicted molar refractivity (Wildman–Crippen MR) is 49.3 cm³/mol. The zero-order valence-electron chi connectivity index (χ0n) is 8.36. The number of aryl methyl sites for hydroxylation is 1. The number of hydrogen-bond acceptors (Lipinski definition) is 5. The molecule has 6 heteroatoms. The minimum absolute atomic E-state index is 0.216. The summed E-state index contributed by atoms with van der Waals surface area (Å²) in [5.74, 6) is 0.504. The highest BCUT2D eigenvalue weighted by atomic mass is 16.5. The summed E-state index contributed by atoms with van der Waals surface area (Å²) in [6, 6.07) is 0. The first kappa shape index (κ1) is 10.6. The second kappa shape index (κ2) is 5.33. The quantitative estimate of drug-likeness (QED) is 0.508. The Labute approximate surface area is 82.3 Å². The molecule has 0 aromatic carbocycles. The Morgan fingerprint density at radius 2 is 2.50 bits per heavy atom. The molecule has 0 unspecified atom stereocenters. The van der Waals surface area contributed by atoms with Gasteiger partial charge in [0.25, 0.3) is 0 Å². The summed E-state index contributed by atoms with van der Waals surface area (Å²) in [7, 11) is 3.19. The molecule has 1 aromatic rings. The Hall–Kier alpha value is -1.43. The monoisotopic (exact) mass is 198 g/mol. The molecule has 1 N–H and O–H groups in total. The lowest BCUT2D eigenvalue weighted by atomic mass is 10.4. The number of methoxy groups -OCH3 is 1. The fraction of sp³-hybridized carbons (Fsp3) is 0.625. The van der Waals surface area contributed by atoms with Crippen LogP contribution in [0.25, 0.3) is 0 Å². The van der Waals surface area contributed by atoms with Crippen molar-refractivity contribution in [3.63, 3.8) is 0 Å². The third-order valence-electron chi connectivity index (χ3n) is 1.66. The van der Waals surface area contributed by atoms with Crippen molar-refractivity contribution in [1.82, 2.24) is 20.1 Å². The zero-order valence-corrected chi connectivity index (χ0v) is 8.36. The Bertz CT molecular complexity index is 297. The molecule has 78 valence electrons. The summed E-state index contributed by atoms with van der Waals surface area (Å²) in [5, 5.41) is 7.12. The lowest BCUT2D eigenvalue weighted by Crippen LogP contribution is -2.19. The number of ether oxygens (including phenoxy) is 1. The van der Waals surface area contributed by atoms with Gasteiger partial charge in [-0.1, -0.05) is 0 Å². The molecule has 0 bridgehead atoms. The summed E-state index contributed by atoms with van der Waals surface area (Å²) in [6.45, 7) is 1.14. The molecule has 0 aliphatic heterocycles. The normalized spacial score (nSPS) is 10.1. The maximum absolute atomic E-state index is 10.7. The van der Waals surface area contributed by atoms with Crippen molar-refractivity contribution >= 4 is 5.97 Å². The summed E-state index contributed by atoms with van der Waals surface area (Å²) in [4.78, 5) is 14.8. The standard InChI is InChI=1S/C8H14N4O2/c1-12-6-10-7(11-12)5-9-4-3-8(13)14-2/h6,9H,3-5H2,1-2H3. The van der Waals surface area contributed by atoms with Crippen LogP contribution in [0.15, 0.2) is 6.33 Å². The number of esters is 1. The van der Waals surface area contributed by atoms with E-state index in [4.69, 9.17) is 0 Å². The van der Waals surface area contributed by atoms with Gasteiger partial charge in [-0.3, -0.25) is 9.48 Å². The molecule has 0 saturated carbocycles. The fourth-order valence-corrected chi connectivity index (χ4v) is 0.958. The van der Waals surface area contributed by atoms with Crippen LogP contribution in [0, 0.1) is 0 Å². The van der Waals surface area contributed by atoms with Crippen LogP contribution in [0.5, 0.6) is 0 Å². The summed E-state index contributed by atoms with van der Waals surface area (Å²) in [6.07, 6.45) is 2.00. The molecular formula is C8H14N4O2. The van der Waals surface area contributed by atoms with E-state index in [-0.39, 0.29) is 5.97 Å². The van der Waals surface area contributed by atoms with Crippen LogP contribution in [0.4, 0.5) is 0 Å². The van der Waals surface area contributed by atoms with Gasteiger partial charge in [0.2, 0.25) is 0 Å². The van der Waals surface area contributed by atoms with Crippen LogP contribution in [0.3, 0.4) is 0 Å². The van der Waals surface area contributed by atoms with Crippen molar-refractivity contribution < 1.29 is 9.53 Å². The largest absolute Gasteiger partial charge is 0.469 e. The van der Waals surface area contributed by atoms with E-state index in [1.165, 1.54) is 7.11 Å². The predicted octanol–water partition coefficient (Wildman–Crippen LogP) is -0.532. The number of nitrogens with zero attached hydrogens (tertiary/aromatic N) is 3. The topological polar surface area (TPSA) is 69.0 Å². The van der Waals surface area contributed by atoms with E-state index >= 15 is 0 Å². The van der Waals surface area contributed by atoms with Gasteiger partial charge in [0.05, 0.1) is 20.1 Å². The first-order valence-corrected chi connectivity index (χ1v) is 4.34. The first-order valence-electron chi connectivity index (χ1n) is 4.34. The highest BCUT2D eigenvalue weighted by Crippen LogP contribution is 1.87. The van der Waals surface area contributed by atoms with Gasteiger partial charge in [-0.25, -0.2) is 4.98 Å². The fourth-order valence-electron chi connectivity index (χ4n) is 0.958. The van der Waals surface area contributed by atoms with Crippen LogP contribution < -0.4 is 5.32 Å². The Kier molecular flexibility index (Phi) is 4.06. The van der Waals surface area contributed by atoms with Gasteiger partial charge in [-0.15, -0.1) is 0 Å². The summed E-state index contributed by atoms with van der Waals surface area (Å²) in [5.41, 5.74) is 0. The van der Waals surface area contributed by atoms with E-state index in [0.717, 1.165) is 5.82 Å². The van der Waals surface area contributed by atoms with E-state index in [2.05, 4.69) is 20.1 Å². The van der Waals surface area contributed by atoms with Crippen LogP contribution in [-0.2, 0) is 23.1 Å². The van der Waals surface area contributed by atoms with E-state index in [1.807, 2.05) is 7.05 Å². The third-order valence-corrected chi connectivity index (χ3v) is 1.66. The van der Waals surface area contributed by atoms with Crippen LogP contribution in [0.1, 0.15) is 12.2 Å².